The van der Waals surface area contributed by atoms with E-state index < -0.39 is 0 Å². The Bertz CT molecular complexity index is 276. The SMILES string of the molecule is CCCCOCCCNCc1nc(C)cs1. The summed E-state index contributed by atoms with van der Waals surface area (Å²) in [6.07, 6.45) is 3.46. The highest BCUT2D eigenvalue weighted by atomic mass is 32.1. The Morgan fingerprint density at radius 1 is 1.38 bits per heavy atom. The van der Waals surface area contributed by atoms with E-state index in [0.717, 1.165) is 38.4 Å². The number of rotatable bonds is 9. The number of nitrogens with zero attached hydrogens (tertiary/aromatic N) is 1. The first-order valence-electron chi connectivity index (χ1n) is 6.02. The third kappa shape index (κ3) is 6.20. The molecule has 0 fully saturated rings. The van der Waals surface area contributed by atoms with Crippen LogP contribution in [0.4, 0.5) is 0 Å². The number of aryl methyl sites for hydroxylation is 1. The van der Waals surface area contributed by atoms with Gasteiger partial charge in [0, 0.05) is 30.8 Å². The van der Waals surface area contributed by atoms with Crippen molar-refractivity contribution in [3.63, 3.8) is 0 Å². The van der Waals surface area contributed by atoms with Crippen LogP contribution in [0.1, 0.15) is 36.9 Å². The summed E-state index contributed by atoms with van der Waals surface area (Å²) in [6.45, 7) is 7.87. The van der Waals surface area contributed by atoms with Crippen molar-refractivity contribution in [1.29, 1.82) is 0 Å². The quantitative estimate of drug-likeness (QED) is 0.676. The molecule has 3 nitrogen and oxygen atoms in total. The lowest BCUT2D eigenvalue weighted by atomic mass is 10.4. The maximum Gasteiger partial charge on any atom is 0.107 e. The van der Waals surface area contributed by atoms with Gasteiger partial charge in [-0.3, -0.25) is 0 Å². The maximum atomic E-state index is 5.48. The van der Waals surface area contributed by atoms with E-state index in [1.165, 1.54) is 17.8 Å². The number of unbranched alkanes of at least 4 members (excludes halogenated alkanes) is 1. The first-order chi connectivity index (χ1) is 7.83. The van der Waals surface area contributed by atoms with Gasteiger partial charge in [-0.2, -0.15) is 0 Å². The molecule has 0 atom stereocenters. The molecular weight excluding hydrogens is 220 g/mol. The highest BCUT2D eigenvalue weighted by Crippen LogP contribution is 2.07. The Morgan fingerprint density at radius 2 is 2.19 bits per heavy atom. The zero-order valence-corrected chi connectivity index (χ0v) is 11.1. The van der Waals surface area contributed by atoms with E-state index in [-0.39, 0.29) is 0 Å². The van der Waals surface area contributed by atoms with Crippen LogP contribution in [0.2, 0.25) is 0 Å². The van der Waals surface area contributed by atoms with E-state index in [2.05, 4.69) is 22.6 Å². The average molecular weight is 242 g/mol. The van der Waals surface area contributed by atoms with Crippen molar-refractivity contribution in [3.05, 3.63) is 16.1 Å². The van der Waals surface area contributed by atoms with Crippen molar-refractivity contribution >= 4 is 11.3 Å². The molecular formula is C12H22N2OS. The standard InChI is InChI=1S/C12H22N2OS/c1-3-4-7-15-8-5-6-13-9-12-14-11(2)10-16-12/h10,13H,3-9H2,1-2H3. The lowest BCUT2D eigenvalue weighted by molar-refractivity contribution is 0.129. The average Bonchev–Trinajstić information content (AvgIpc) is 2.68. The Morgan fingerprint density at radius 3 is 2.88 bits per heavy atom. The molecule has 16 heavy (non-hydrogen) atoms. The van der Waals surface area contributed by atoms with Gasteiger partial charge in [-0.25, -0.2) is 4.98 Å². The third-order valence-electron chi connectivity index (χ3n) is 2.23. The van der Waals surface area contributed by atoms with E-state index in [9.17, 15) is 0 Å². The number of nitrogens with one attached hydrogen (secondary N) is 1. The summed E-state index contributed by atoms with van der Waals surface area (Å²) in [6, 6.07) is 0. The van der Waals surface area contributed by atoms with E-state index in [1.807, 2.05) is 6.92 Å². The summed E-state index contributed by atoms with van der Waals surface area (Å²) < 4.78 is 5.48. The summed E-state index contributed by atoms with van der Waals surface area (Å²) in [4.78, 5) is 4.39. The molecule has 1 aromatic rings. The maximum absolute atomic E-state index is 5.48. The van der Waals surface area contributed by atoms with Gasteiger partial charge in [0.15, 0.2) is 0 Å². The predicted molar refractivity (Wildman–Crippen MR) is 68.9 cm³/mol. The minimum absolute atomic E-state index is 0.865. The minimum Gasteiger partial charge on any atom is -0.381 e. The van der Waals surface area contributed by atoms with Crippen molar-refractivity contribution in [2.24, 2.45) is 0 Å². The molecule has 1 aromatic heterocycles. The fourth-order valence-corrected chi connectivity index (χ4v) is 2.07. The largest absolute Gasteiger partial charge is 0.381 e. The Labute approximate surface area is 102 Å². The molecule has 0 aliphatic rings. The number of ether oxygens (including phenoxy) is 1. The smallest absolute Gasteiger partial charge is 0.107 e. The van der Waals surface area contributed by atoms with E-state index in [0.29, 0.717) is 0 Å². The van der Waals surface area contributed by atoms with Gasteiger partial charge >= 0.3 is 0 Å². The number of aromatic nitrogens is 1. The fourth-order valence-electron chi connectivity index (χ4n) is 1.33. The van der Waals surface area contributed by atoms with Gasteiger partial charge in [0.25, 0.3) is 0 Å². The molecule has 92 valence electrons. The zero-order valence-electron chi connectivity index (χ0n) is 10.3. The zero-order chi connectivity index (χ0) is 11.6. The first kappa shape index (κ1) is 13.6. The van der Waals surface area contributed by atoms with Gasteiger partial charge < -0.3 is 10.1 Å². The second-order valence-electron chi connectivity index (χ2n) is 3.88. The van der Waals surface area contributed by atoms with Crippen molar-refractivity contribution in [1.82, 2.24) is 10.3 Å². The summed E-state index contributed by atoms with van der Waals surface area (Å²) in [5.74, 6) is 0. The van der Waals surface area contributed by atoms with Gasteiger partial charge in [-0.05, 0) is 26.3 Å². The lowest BCUT2D eigenvalue weighted by Crippen LogP contribution is -2.16. The van der Waals surface area contributed by atoms with Gasteiger partial charge in [-0.15, -0.1) is 11.3 Å². The van der Waals surface area contributed by atoms with Crippen LogP contribution >= 0.6 is 11.3 Å². The molecule has 0 aliphatic carbocycles. The van der Waals surface area contributed by atoms with Crippen LogP contribution < -0.4 is 5.32 Å². The Kier molecular flexibility index (Phi) is 7.38. The summed E-state index contributed by atoms with van der Waals surface area (Å²) in [5.41, 5.74) is 1.12. The predicted octanol–water partition coefficient (Wildman–Crippen LogP) is 2.75. The molecule has 0 saturated heterocycles. The van der Waals surface area contributed by atoms with Gasteiger partial charge in [-0.1, -0.05) is 13.3 Å². The molecule has 1 rings (SSSR count). The van der Waals surface area contributed by atoms with Gasteiger partial charge in [0.2, 0.25) is 0 Å². The van der Waals surface area contributed by atoms with Gasteiger partial charge in [0.05, 0.1) is 0 Å². The summed E-state index contributed by atoms with van der Waals surface area (Å²) in [5, 5.41) is 6.63. The third-order valence-corrected chi connectivity index (χ3v) is 3.19. The molecule has 0 bridgehead atoms. The minimum atomic E-state index is 0.865. The van der Waals surface area contributed by atoms with Crippen molar-refractivity contribution < 1.29 is 4.74 Å². The van der Waals surface area contributed by atoms with Crippen LogP contribution in [-0.4, -0.2) is 24.7 Å². The topological polar surface area (TPSA) is 34.1 Å². The number of thiazole rings is 1. The normalized spacial score (nSPS) is 10.9. The molecule has 0 saturated carbocycles. The summed E-state index contributed by atoms with van der Waals surface area (Å²) >= 11 is 1.72. The van der Waals surface area contributed by atoms with E-state index in [1.54, 1.807) is 11.3 Å². The molecule has 0 aliphatic heterocycles. The first-order valence-corrected chi connectivity index (χ1v) is 6.90. The fraction of sp³-hybridized carbons (Fsp3) is 0.750. The monoisotopic (exact) mass is 242 g/mol. The molecule has 0 amide bonds. The molecule has 4 heteroatoms. The summed E-state index contributed by atoms with van der Waals surface area (Å²) in [7, 11) is 0. The van der Waals surface area contributed by atoms with Crippen LogP contribution in [0, 0.1) is 6.92 Å². The molecule has 0 radical (unpaired) electrons. The van der Waals surface area contributed by atoms with E-state index in [4.69, 9.17) is 4.74 Å². The molecule has 0 unspecified atom stereocenters. The molecule has 1 N–H and O–H groups in total. The van der Waals surface area contributed by atoms with Crippen LogP contribution in [-0.2, 0) is 11.3 Å². The molecule has 0 aromatic carbocycles. The van der Waals surface area contributed by atoms with Crippen molar-refractivity contribution in [2.75, 3.05) is 19.8 Å². The number of hydrogen-bond donors (Lipinski definition) is 1. The molecule has 0 spiro atoms. The highest BCUT2D eigenvalue weighted by Gasteiger charge is 1.97. The van der Waals surface area contributed by atoms with Crippen molar-refractivity contribution in [3.8, 4) is 0 Å². The second-order valence-corrected chi connectivity index (χ2v) is 4.82. The van der Waals surface area contributed by atoms with Crippen LogP contribution in [0.3, 0.4) is 0 Å². The highest BCUT2D eigenvalue weighted by molar-refractivity contribution is 7.09. The lowest BCUT2D eigenvalue weighted by Gasteiger charge is -2.04. The number of hydrogen-bond acceptors (Lipinski definition) is 4. The van der Waals surface area contributed by atoms with E-state index >= 15 is 0 Å². The molecule has 1 heterocycles. The van der Waals surface area contributed by atoms with Crippen LogP contribution in [0.5, 0.6) is 0 Å². The Balaban J connectivity index is 1.88. The second kappa shape index (κ2) is 8.67. The Hall–Kier alpha value is -0.450. The van der Waals surface area contributed by atoms with Crippen LogP contribution in [0.15, 0.2) is 5.38 Å². The van der Waals surface area contributed by atoms with Gasteiger partial charge in [0.1, 0.15) is 5.01 Å². The van der Waals surface area contributed by atoms with Crippen LogP contribution in [0.25, 0.3) is 0 Å². The van der Waals surface area contributed by atoms with Crippen molar-refractivity contribution in [2.45, 2.75) is 39.7 Å².